The SMILES string of the molecule is CC(C)[C@H](N)C(=O)N=c1sccn1C.Cl. The zero-order valence-electron chi connectivity index (χ0n) is 9.01. The van der Waals surface area contributed by atoms with Gasteiger partial charge in [-0.3, -0.25) is 4.79 Å². The minimum atomic E-state index is -0.503. The van der Waals surface area contributed by atoms with Crippen molar-refractivity contribution in [3.8, 4) is 0 Å². The smallest absolute Gasteiger partial charge is 0.265 e. The van der Waals surface area contributed by atoms with Gasteiger partial charge >= 0.3 is 0 Å². The summed E-state index contributed by atoms with van der Waals surface area (Å²) in [5.74, 6) is -0.130. The quantitative estimate of drug-likeness (QED) is 0.847. The Hall–Kier alpha value is -0.650. The molecule has 6 heteroatoms. The number of halogens is 1. The van der Waals surface area contributed by atoms with E-state index in [2.05, 4.69) is 4.99 Å². The number of carbonyl (C=O) groups is 1. The van der Waals surface area contributed by atoms with Gasteiger partial charge in [-0.25, -0.2) is 0 Å². The molecule has 0 unspecified atom stereocenters. The second-order valence-electron chi connectivity index (χ2n) is 3.52. The Morgan fingerprint density at radius 2 is 2.20 bits per heavy atom. The van der Waals surface area contributed by atoms with Crippen molar-refractivity contribution in [1.82, 2.24) is 4.57 Å². The second-order valence-corrected chi connectivity index (χ2v) is 4.39. The molecule has 1 amide bonds. The minimum absolute atomic E-state index is 0. The van der Waals surface area contributed by atoms with Crippen molar-refractivity contribution in [1.29, 1.82) is 0 Å². The molecule has 1 atom stereocenters. The Kier molecular flexibility index (Phi) is 5.79. The number of nitrogens with zero attached hydrogens (tertiary/aromatic N) is 2. The zero-order valence-corrected chi connectivity index (χ0v) is 10.6. The van der Waals surface area contributed by atoms with Crippen molar-refractivity contribution in [2.24, 2.45) is 23.7 Å². The molecule has 0 aliphatic carbocycles. The molecule has 0 aliphatic rings. The van der Waals surface area contributed by atoms with E-state index in [4.69, 9.17) is 5.73 Å². The Morgan fingerprint density at radius 3 is 2.60 bits per heavy atom. The third-order valence-electron chi connectivity index (χ3n) is 1.97. The molecule has 1 aromatic heterocycles. The lowest BCUT2D eigenvalue weighted by molar-refractivity contribution is -0.120. The second kappa shape index (κ2) is 6.05. The summed E-state index contributed by atoms with van der Waals surface area (Å²) < 4.78 is 1.80. The highest BCUT2D eigenvalue weighted by molar-refractivity contribution is 7.07. The monoisotopic (exact) mass is 249 g/mol. The first-order chi connectivity index (χ1) is 6.52. The fourth-order valence-electron chi connectivity index (χ4n) is 0.889. The van der Waals surface area contributed by atoms with Crippen molar-refractivity contribution < 1.29 is 4.79 Å². The fraction of sp³-hybridized carbons (Fsp3) is 0.556. The molecule has 0 fully saturated rings. The Balaban J connectivity index is 0.00000196. The van der Waals surface area contributed by atoms with Crippen molar-refractivity contribution in [2.75, 3.05) is 0 Å². The molecule has 0 aromatic carbocycles. The van der Waals surface area contributed by atoms with Gasteiger partial charge in [0.25, 0.3) is 5.91 Å². The van der Waals surface area contributed by atoms with Gasteiger partial charge in [0.1, 0.15) is 0 Å². The maximum Gasteiger partial charge on any atom is 0.265 e. The predicted octanol–water partition coefficient (Wildman–Crippen LogP) is 0.919. The fourth-order valence-corrected chi connectivity index (χ4v) is 1.62. The third kappa shape index (κ3) is 3.77. The number of carbonyl (C=O) groups excluding carboxylic acids is 1. The van der Waals surface area contributed by atoms with Gasteiger partial charge in [-0.15, -0.1) is 23.7 Å². The van der Waals surface area contributed by atoms with E-state index < -0.39 is 6.04 Å². The van der Waals surface area contributed by atoms with E-state index in [1.165, 1.54) is 11.3 Å². The number of nitrogens with two attached hydrogens (primary N) is 1. The van der Waals surface area contributed by atoms with Crippen LogP contribution in [0.25, 0.3) is 0 Å². The van der Waals surface area contributed by atoms with Gasteiger partial charge in [-0.2, -0.15) is 4.99 Å². The average Bonchev–Trinajstić information content (AvgIpc) is 2.50. The van der Waals surface area contributed by atoms with E-state index in [1.807, 2.05) is 32.5 Å². The van der Waals surface area contributed by atoms with Gasteiger partial charge in [-0.05, 0) is 5.92 Å². The van der Waals surface area contributed by atoms with Gasteiger partial charge in [0.15, 0.2) is 4.80 Å². The number of thiazole rings is 1. The standard InChI is InChI=1S/C9H15N3OS.ClH/c1-6(2)7(10)8(13)11-9-12(3)4-5-14-9;/h4-7H,10H2,1-3H3;1H/t7-;/m0./s1. The number of aromatic nitrogens is 1. The molecular weight excluding hydrogens is 234 g/mol. The molecule has 4 nitrogen and oxygen atoms in total. The van der Waals surface area contributed by atoms with E-state index in [0.717, 1.165) is 0 Å². The molecule has 86 valence electrons. The Morgan fingerprint density at radius 1 is 1.60 bits per heavy atom. The van der Waals surface area contributed by atoms with Gasteiger partial charge in [-0.1, -0.05) is 13.8 Å². The first-order valence-electron chi connectivity index (χ1n) is 4.46. The molecule has 2 N–H and O–H groups in total. The maximum atomic E-state index is 11.5. The summed E-state index contributed by atoms with van der Waals surface area (Å²) in [4.78, 5) is 16.1. The van der Waals surface area contributed by atoms with Gasteiger partial charge < -0.3 is 10.3 Å². The largest absolute Gasteiger partial charge is 0.327 e. The summed E-state index contributed by atoms with van der Waals surface area (Å²) in [6.45, 7) is 3.82. The summed E-state index contributed by atoms with van der Waals surface area (Å²) in [7, 11) is 1.85. The van der Waals surface area contributed by atoms with Crippen molar-refractivity contribution >= 4 is 29.7 Å². The lowest BCUT2D eigenvalue weighted by Gasteiger charge is -2.09. The lowest BCUT2D eigenvalue weighted by Crippen LogP contribution is -2.35. The number of rotatable bonds is 2. The third-order valence-corrected chi connectivity index (χ3v) is 2.82. The van der Waals surface area contributed by atoms with Crippen LogP contribution in [0.2, 0.25) is 0 Å². The minimum Gasteiger partial charge on any atom is -0.327 e. The first kappa shape index (κ1) is 14.3. The summed E-state index contributed by atoms with van der Waals surface area (Å²) in [5.41, 5.74) is 5.68. The van der Waals surface area contributed by atoms with Crippen LogP contribution in [-0.4, -0.2) is 16.5 Å². The normalized spacial score (nSPS) is 13.8. The van der Waals surface area contributed by atoms with Crippen LogP contribution in [0.15, 0.2) is 16.6 Å². The number of hydrogen-bond acceptors (Lipinski definition) is 3. The summed E-state index contributed by atoms with van der Waals surface area (Å²) in [5, 5.41) is 1.88. The topological polar surface area (TPSA) is 60.4 Å². The molecule has 0 radical (unpaired) electrons. The van der Waals surface area contributed by atoms with Crippen LogP contribution in [0.1, 0.15) is 13.8 Å². The van der Waals surface area contributed by atoms with Crippen LogP contribution in [0.4, 0.5) is 0 Å². The average molecular weight is 250 g/mol. The maximum absolute atomic E-state index is 11.5. The van der Waals surface area contributed by atoms with E-state index >= 15 is 0 Å². The Bertz CT molecular complexity index is 383. The van der Waals surface area contributed by atoms with E-state index in [1.54, 1.807) is 4.57 Å². The van der Waals surface area contributed by atoms with Crippen LogP contribution in [0, 0.1) is 5.92 Å². The van der Waals surface area contributed by atoms with Crippen LogP contribution in [0.5, 0.6) is 0 Å². The molecule has 0 saturated carbocycles. The zero-order chi connectivity index (χ0) is 10.7. The number of aryl methyl sites for hydroxylation is 1. The summed E-state index contributed by atoms with van der Waals surface area (Å²) in [6.07, 6.45) is 1.86. The molecule has 1 rings (SSSR count). The van der Waals surface area contributed by atoms with Crippen LogP contribution in [0.3, 0.4) is 0 Å². The molecule has 0 saturated heterocycles. The predicted molar refractivity (Wildman–Crippen MR) is 63.9 cm³/mol. The molecular formula is C9H16ClN3OS. The van der Waals surface area contributed by atoms with E-state index in [-0.39, 0.29) is 24.2 Å². The Labute approximate surface area is 99.2 Å². The van der Waals surface area contributed by atoms with Crippen molar-refractivity contribution in [2.45, 2.75) is 19.9 Å². The van der Waals surface area contributed by atoms with Gasteiger partial charge in [0.2, 0.25) is 0 Å². The molecule has 1 aromatic rings. The number of amides is 1. The highest BCUT2D eigenvalue weighted by atomic mass is 35.5. The molecule has 0 bridgehead atoms. The molecule has 15 heavy (non-hydrogen) atoms. The number of hydrogen-bond donors (Lipinski definition) is 1. The van der Waals surface area contributed by atoms with E-state index in [0.29, 0.717) is 4.80 Å². The summed E-state index contributed by atoms with van der Waals surface area (Å²) in [6, 6.07) is -0.503. The highest BCUT2D eigenvalue weighted by Crippen LogP contribution is 1.99. The van der Waals surface area contributed by atoms with Gasteiger partial charge in [0, 0.05) is 18.6 Å². The van der Waals surface area contributed by atoms with Crippen molar-refractivity contribution in [3.63, 3.8) is 0 Å². The van der Waals surface area contributed by atoms with Gasteiger partial charge in [0.05, 0.1) is 6.04 Å². The van der Waals surface area contributed by atoms with E-state index in [9.17, 15) is 4.79 Å². The molecule has 0 aliphatic heterocycles. The van der Waals surface area contributed by atoms with Crippen LogP contribution in [-0.2, 0) is 11.8 Å². The van der Waals surface area contributed by atoms with Crippen LogP contribution < -0.4 is 10.5 Å². The summed E-state index contributed by atoms with van der Waals surface area (Å²) >= 11 is 1.43. The van der Waals surface area contributed by atoms with Crippen LogP contribution >= 0.6 is 23.7 Å². The lowest BCUT2D eigenvalue weighted by atomic mass is 10.1. The molecule has 1 heterocycles. The van der Waals surface area contributed by atoms with Crippen molar-refractivity contribution in [3.05, 3.63) is 16.4 Å². The highest BCUT2D eigenvalue weighted by Gasteiger charge is 2.16. The molecule has 0 spiro atoms. The first-order valence-corrected chi connectivity index (χ1v) is 5.34.